The number of anilines is 2. The van der Waals surface area contributed by atoms with E-state index in [1.54, 1.807) is 12.1 Å². The number of rotatable bonds is 7. The zero-order chi connectivity index (χ0) is 21.0. The molecule has 0 amide bonds. The Labute approximate surface area is 171 Å². The Morgan fingerprint density at radius 2 is 1.55 bits per heavy atom. The summed E-state index contributed by atoms with van der Waals surface area (Å²) in [6.07, 6.45) is 0. The van der Waals surface area contributed by atoms with Crippen LogP contribution in [0.25, 0.3) is 0 Å². The normalized spacial score (nSPS) is 11.6. The van der Waals surface area contributed by atoms with Gasteiger partial charge in [0.15, 0.2) is 0 Å². The van der Waals surface area contributed by atoms with E-state index >= 15 is 0 Å². The van der Waals surface area contributed by atoms with Gasteiger partial charge in [-0.1, -0.05) is 30.3 Å². The molecule has 0 bridgehead atoms. The molecule has 29 heavy (non-hydrogen) atoms. The van der Waals surface area contributed by atoms with Crippen LogP contribution < -0.4 is 10.6 Å². The molecule has 2 N–H and O–H groups in total. The van der Waals surface area contributed by atoms with Crippen LogP contribution in [0.4, 0.5) is 15.8 Å². The minimum absolute atomic E-state index is 0.0464. The first-order chi connectivity index (χ1) is 13.8. The van der Waals surface area contributed by atoms with Crippen LogP contribution in [0.5, 0.6) is 0 Å². The first kappa shape index (κ1) is 20.8. The van der Waals surface area contributed by atoms with Crippen LogP contribution in [-0.4, -0.2) is 26.8 Å². The second kappa shape index (κ2) is 8.63. The van der Waals surface area contributed by atoms with Gasteiger partial charge in [-0.15, -0.1) is 0 Å². The van der Waals surface area contributed by atoms with Gasteiger partial charge in [0.2, 0.25) is 10.0 Å². The first-order valence-electron chi connectivity index (χ1n) is 9.13. The quantitative estimate of drug-likeness (QED) is 0.597. The Balaban J connectivity index is 2.04. The Hall–Kier alpha value is -2.90. The molecule has 0 saturated carbocycles. The van der Waals surface area contributed by atoms with Crippen molar-refractivity contribution in [2.75, 3.05) is 24.7 Å². The molecule has 5 nitrogen and oxygen atoms in total. The maximum absolute atomic E-state index is 13.4. The van der Waals surface area contributed by atoms with Crippen LogP contribution in [0.3, 0.4) is 0 Å². The van der Waals surface area contributed by atoms with Gasteiger partial charge in [0, 0.05) is 38.6 Å². The van der Waals surface area contributed by atoms with Gasteiger partial charge >= 0.3 is 0 Å². The standard InChI is InChI=1S/C22H24FN3O2S/c1-25(2)22-13-10-20(24)14-18(22)16-26(15-17-6-4-3-5-7-17)29(27,28)21-11-8-19(23)9-12-21/h3-14H,15-16,24H2,1-2H3. The van der Waals surface area contributed by atoms with Crippen LogP contribution in [0.15, 0.2) is 77.7 Å². The van der Waals surface area contributed by atoms with E-state index in [1.807, 2.05) is 55.4 Å². The highest BCUT2D eigenvalue weighted by molar-refractivity contribution is 7.89. The molecule has 0 saturated heterocycles. The van der Waals surface area contributed by atoms with Crippen LogP contribution in [0.1, 0.15) is 11.1 Å². The molecule has 0 aliphatic carbocycles. The van der Waals surface area contributed by atoms with E-state index in [-0.39, 0.29) is 18.0 Å². The van der Waals surface area contributed by atoms with Crippen molar-refractivity contribution in [3.8, 4) is 0 Å². The molecule has 0 aromatic heterocycles. The third kappa shape index (κ3) is 4.93. The molecule has 0 aliphatic rings. The summed E-state index contributed by atoms with van der Waals surface area (Å²) in [6, 6.07) is 19.7. The molecule has 0 unspecified atom stereocenters. The molecule has 7 heteroatoms. The number of halogens is 1. The molecule has 3 aromatic rings. The van der Waals surface area contributed by atoms with Crippen LogP contribution >= 0.6 is 0 Å². The molecular weight excluding hydrogens is 389 g/mol. The highest BCUT2D eigenvalue weighted by Gasteiger charge is 2.26. The van der Waals surface area contributed by atoms with Crippen LogP contribution in [-0.2, 0) is 23.1 Å². The fraction of sp³-hybridized carbons (Fsp3) is 0.182. The van der Waals surface area contributed by atoms with Gasteiger partial charge in [0.1, 0.15) is 5.82 Å². The number of hydrogen-bond acceptors (Lipinski definition) is 4. The van der Waals surface area contributed by atoms with Gasteiger partial charge in [-0.2, -0.15) is 4.31 Å². The van der Waals surface area contributed by atoms with E-state index in [1.165, 1.54) is 16.4 Å². The average molecular weight is 414 g/mol. The van der Waals surface area contributed by atoms with Crippen LogP contribution in [0.2, 0.25) is 0 Å². The lowest BCUT2D eigenvalue weighted by Gasteiger charge is -2.25. The van der Waals surface area contributed by atoms with Crippen molar-refractivity contribution in [2.24, 2.45) is 0 Å². The van der Waals surface area contributed by atoms with E-state index in [0.717, 1.165) is 28.9 Å². The lowest BCUT2D eigenvalue weighted by atomic mass is 10.1. The van der Waals surface area contributed by atoms with E-state index in [4.69, 9.17) is 5.73 Å². The summed E-state index contributed by atoms with van der Waals surface area (Å²) < 4.78 is 41.5. The average Bonchev–Trinajstić information content (AvgIpc) is 2.68. The lowest BCUT2D eigenvalue weighted by molar-refractivity contribution is 0.401. The highest BCUT2D eigenvalue weighted by Crippen LogP contribution is 2.27. The summed E-state index contributed by atoms with van der Waals surface area (Å²) in [7, 11) is -0.0744. The first-order valence-corrected chi connectivity index (χ1v) is 10.6. The molecule has 0 spiro atoms. The van der Waals surface area contributed by atoms with Gasteiger partial charge in [-0.25, -0.2) is 12.8 Å². The zero-order valence-electron chi connectivity index (χ0n) is 16.4. The molecule has 152 valence electrons. The van der Waals surface area contributed by atoms with Crippen molar-refractivity contribution in [2.45, 2.75) is 18.0 Å². The van der Waals surface area contributed by atoms with Gasteiger partial charge in [0.25, 0.3) is 0 Å². The third-order valence-corrected chi connectivity index (χ3v) is 6.39. The minimum atomic E-state index is -3.86. The number of sulfonamides is 1. The van der Waals surface area contributed by atoms with E-state index in [0.29, 0.717) is 5.69 Å². The molecular formula is C22H24FN3O2S. The van der Waals surface area contributed by atoms with Gasteiger partial charge in [-0.3, -0.25) is 0 Å². The SMILES string of the molecule is CN(C)c1ccc(N)cc1CN(Cc1ccccc1)S(=O)(=O)c1ccc(F)cc1. The Bertz CT molecular complexity index is 1070. The maximum atomic E-state index is 13.4. The Morgan fingerprint density at radius 1 is 0.897 bits per heavy atom. The lowest BCUT2D eigenvalue weighted by Crippen LogP contribution is -2.31. The fourth-order valence-corrected chi connectivity index (χ4v) is 4.53. The number of nitrogens with zero attached hydrogens (tertiary/aromatic N) is 2. The topological polar surface area (TPSA) is 66.6 Å². The maximum Gasteiger partial charge on any atom is 0.243 e. The summed E-state index contributed by atoms with van der Waals surface area (Å²) in [5.41, 5.74) is 9.05. The predicted octanol–water partition coefficient (Wildman–Crippen LogP) is 3.87. The summed E-state index contributed by atoms with van der Waals surface area (Å²) in [5, 5.41) is 0. The van der Waals surface area contributed by atoms with E-state index < -0.39 is 15.8 Å². The number of benzene rings is 3. The molecule has 0 fully saturated rings. The molecule has 0 aliphatic heterocycles. The second-order valence-corrected chi connectivity index (χ2v) is 8.93. The van der Waals surface area contributed by atoms with Gasteiger partial charge < -0.3 is 10.6 Å². The smallest absolute Gasteiger partial charge is 0.243 e. The summed E-state index contributed by atoms with van der Waals surface area (Å²) >= 11 is 0. The molecule has 0 heterocycles. The van der Waals surface area contributed by atoms with Crippen molar-refractivity contribution in [1.82, 2.24) is 4.31 Å². The Morgan fingerprint density at radius 3 is 2.17 bits per heavy atom. The summed E-state index contributed by atoms with van der Waals surface area (Å²) in [4.78, 5) is 1.96. The summed E-state index contributed by atoms with van der Waals surface area (Å²) in [6.45, 7) is 0.315. The van der Waals surface area contributed by atoms with Crippen molar-refractivity contribution < 1.29 is 12.8 Å². The van der Waals surface area contributed by atoms with E-state index in [2.05, 4.69) is 0 Å². The van der Waals surface area contributed by atoms with Crippen molar-refractivity contribution >= 4 is 21.4 Å². The van der Waals surface area contributed by atoms with Gasteiger partial charge in [-0.05, 0) is 53.6 Å². The van der Waals surface area contributed by atoms with Crippen molar-refractivity contribution in [3.63, 3.8) is 0 Å². The van der Waals surface area contributed by atoms with Gasteiger partial charge in [0.05, 0.1) is 4.90 Å². The number of nitrogens with two attached hydrogens (primary N) is 1. The fourth-order valence-electron chi connectivity index (χ4n) is 3.13. The zero-order valence-corrected chi connectivity index (χ0v) is 17.2. The number of nitrogen functional groups attached to an aromatic ring is 1. The van der Waals surface area contributed by atoms with Crippen molar-refractivity contribution in [1.29, 1.82) is 0 Å². The largest absolute Gasteiger partial charge is 0.399 e. The predicted molar refractivity (Wildman–Crippen MR) is 114 cm³/mol. The molecule has 0 radical (unpaired) electrons. The summed E-state index contributed by atoms with van der Waals surface area (Å²) in [5.74, 6) is -0.482. The molecule has 0 atom stereocenters. The highest BCUT2D eigenvalue weighted by atomic mass is 32.2. The minimum Gasteiger partial charge on any atom is -0.399 e. The molecule has 3 rings (SSSR count). The molecule has 3 aromatic carbocycles. The Kier molecular flexibility index (Phi) is 6.20. The van der Waals surface area contributed by atoms with Crippen molar-refractivity contribution in [3.05, 3.63) is 89.7 Å². The monoisotopic (exact) mass is 413 g/mol. The van der Waals surface area contributed by atoms with E-state index in [9.17, 15) is 12.8 Å². The second-order valence-electron chi connectivity index (χ2n) is 7.00. The number of hydrogen-bond donors (Lipinski definition) is 1. The third-order valence-electron chi connectivity index (χ3n) is 4.59. The van der Waals surface area contributed by atoms with Crippen LogP contribution in [0, 0.1) is 5.82 Å².